The highest BCUT2D eigenvalue weighted by molar-refractivity contribution is 5.92. The van der Waals surface area contributed by atoms with E-state index in [4.69, 9.17) is 5.73 Å². The summed E-state index contributed by atoms with van der Waals surface area (Å²) in [5.41, 5.74) is 8.25. The van der Waals surface area contributed by atoms with Gasteiger partial charge in [-0.15, -0.1) is 0 Å². The van der Waals surface area contributed by atoms with E-state index in [1.54, 1.807) is 0 Å². The van der Waals surface area contributed by atoms with Crippen molar-refractivity contribution in [3.8, 4) is 0 Å². The van der Waals surface area contributed by atoms with Crippen LogP contribution in [0.15, 0.2) is 29.3 Å². The second-order valence-corrected chi connectivity index (χ2v) is 5.55. The first-order valence-corrected chi connectivity index (χ1v) is 7.96. The van der Waals surface area contributed by atoms with Gasteiger partial charge in [-0.2, -0.15) is 0 Å². The molecular formula is C17H30N4. The molecule has 0 saturated heterocycles. The summed E-state index contributed by atoms with van der Waals surface area (Å²) < 4.78 is 0. The minimum Gasteiger partial charge on any atom is -0.370 e. The highest BCUT2D eigenvalue weighted by Gasteiger charge is 2.01. The number of nitrogens with zero attached hydrogens (tertiary/aromatic N) is 2. The molecule has 0 bridgehead atoms. The monoisotopic (exact) mass is 290 g/mol. The van der Waals surface area contributed by atoms with E-state index < -0.39 is 0 Å². The van der Waals surface area contributed by atoms with Crippen LogP contribution in [-0.2, 0) is 0 Å². The van der Waals surface area contributed by atoms with Crippen molar-refractivity contribution in [1.29, 1.82) is 0 Å². The van der Waals surface area contributed by atoms with Gasteiger partial charge in [0.15, 0.2) is 5.96 Å². The lowest BCUT2D eigenvalue weighted by Crippen LogP contribution is -2.26. The fourth-order valence-corrected chi connectivity index (χ4v) is 2.20. The van der Waals surface area contributed by atoms with Gasteiger partial charge < -0.3 is 16.0 Å². The van der Waals surface area contributed by atoms with Gasteiger partial charge in [0.05, 0.1) is 0 Å². The average molecular weight is 290 g/mol. The van der Waals surface area contributed by atoms with Crippen molar-refractivity contribution in [3.63, 3.8) is 0 Å². The van der Waals surface area contributed by atoms with Gasteiger partial charge in [0.2, 0.25) is 0 Å². The van der Waals surface area contributed by atoms with E-state index in [1.807, 2.05) is 12.1 Å². The molecule has 0 radical (unpaired) electrons. The largest absolute Gasteiger partial charge is 0.370 e. The van der Waals surface area contributed by atoms with Gasteiger partial charge in [0.1, 0.15) is 0 Å². The zero-order valence-electron chi connectivity index (χ0n) is 13.9. The van der Waals surface area contributed by atoms with E-state index in [-0.39, 0.29) is 0 Å². The van der Waals surface area contributed by atoms with Crippen LogP contribution in [0.4, 0.5) is 5.69 Å². The highest BCUT2D eigenvalue weighted by atomic mass is 15.1. The maximum atomic E-state index is 5.94. The molecule has 0 fully saturated rings. The molecule has 0 unspecified atom stereocenters. The van der Waals surface area contributed by atoms with Crippen LogP contribution < -0.4 is 11.1 Å². The minimum absolute atomic E-state index is 0.496. The molecule has 118 valence electrons. The van der Waals surface area contributed by atoms with E-state index in [2.05, 4.69) is 55.0 Å². The smallest absolute Gasteiger partial charge is 0.193 e. The molecule has 0 aromatic heterocycles. The topological polar surface area (TPSA) is 53.6 Å². The van der Waals surface area contributed by atoms with Crippen molar-refractivity contribution in [2.24, 2.45) is 10.7 Å². The first kappa shape index (κ1) is 17.5. The van der Waals surface area contributed by atoms with Crippen molar-refractivity contribution in [2.75, 3.05) is 31.5 Å². The summed E-state index contributed by atoms with van der Waals surface area (Å²) in [6.45, 7) is 12.8. The third-order valence-electron chi connectivity index (χ3n) is 3.63. The van der Waals surface area contributed by atoms with E-state index in [1.165, 1.54) is 5.56 Å². The molecule has 0 spiro atoms. The summed E-state index contributed by atoms with van der Waals surface area (Å²) in [4.78, 5) is 6.79. The molecule has 0 atom stereocenters. The molecule has 0 aliphatic rings. The van der Waals surface area contributed by atoms with Gasteiger partial charge in [-0.25, -0.2) is 0 Å². The van der Waals surface area contributed by atoms with Gasteiger partial charge in [-0.1, -0.05) is 39.8 Å². The molecule has 1 rings (SSSR count). The van der Waals surface area contributed by atoms with Crippen LogP contribution >= 0.6 is 0 Å². The van der Waals surface area contributed by atoms with Crippen molar-refractivity contribution < 1.29 is 0 Å². The molecule has 21 heavy (non-hydrogen) atoms. The fourth-order valence-electron chi connectivity index (χ4n) is 2.20. The normalized spacial score (nSPS) is 12.2. The Balaban J connectivity index is 2.43. The van der Waals surface area contributed by atoms with Crippen molar-refractivity contribution in [2.45, 2.75) is 40.0 Å². The number of hydrogen-bond acceptors (Lipinski definition) is 2. The van der Waals surface area contributed by atoms with Crippen LogP contribution in [0.1, 0.15) is 45.6 Å². The lowest BCUT2D eigenvalue weighted by molar-refractivity contribution is 0.302. The lowest BCUT2D eigenvalue weighted by Gasteiger charge is -2.16. The van der Waals surface area contributed by atoms with Crippen LogP contribution in [-0.4, -0.2) is 37.0 Å². The Morgan fingerprint density at radius 1 is 1.29 bits per heavy atom. The third-order valence-corrected chi connectivity index (χ3v) is 3.63. The van der Waals surface area contributed by atoms with Crippen molar-refractivity contribution >= 4 is 11.6 Å². The Hall–Kier alpha value is -1.55. The summed E-state index contributed by atoms with van der Waals surface area (Å²) >= 11 is 0. The summed E-state index contributed by atoms with van der Waals surface area (Å²) in [5, 5.41) is 3.17. The Kier molecular flexibility index (Phi) is 7.83. The van der Waals surface area contributed by atoms with Gasteiger partial charge in [-0.3, -0.25) is 4.99 Å². The highest BCUT2D eigenvalue weighted by Crippen LogP contribution is 2.18. The molecule has 3 N–H and O–H groups in total. The van der Waals surface area contributed by atoms with Gasteiger partial charge in [0.25, 0.3) is 0 Å². The first-order valence-electron chi connectivity index (χ1n) is 7.96. The summed E-state index contributed by atoms with van der Waals surface area (Å²) in [6.07, 6.45) is 1.04. The lowest BCUT2D eigenvalue weighted by atomic mass is 10.0. The van der Waals surface area contributed by atoms with Crippen LogP contribution in [0, 0.1) is 0 Å². The summed E-state index contributed by atoms with van der Waals surface area (Å²) in [6, 6.07) is 8.33. The molecule has 0 amide bonds. The zero-order valence-corrected chi connectivity index (χ0v) is 13.9. The SMILES string of the molecule is CCN(CC)CCCN=C(N)Nc1cccc(C(C)C)c1. The number of nitrogens with one attached hydrogen (secondary N) is 1. The van der Waals surface area contributed by atoms with Crippen LogP contribution in [0.5, 0.6) is 0 Å². The van der Waals surface area contributed by atoms with E-state index in [0.29, 0.717) is 11.9 Å². The fraction of sp³-hybridized carbons (Fsp3) is 0.588. The maximum absolute atomic E-state index is 5.94. The number of anilines is 1. The van der Waals surface area contributed by atoms with E-state index in [0.717, 1.165) is 38.3 Å². The maximum Gasteiger partial charge on any atom is 0.193 e. The third kappa shape index (κ3) is 6.63. The molecule has 1 aromatic carbocycles. The van der Waals surface area contributed by atoms with Gasteiger partial charge in [0, 0.05) is 12.2 Å². The van der Waals surface area contributed by atoms with Gasteiger partial charge >= 0.3 is 0 Å². The Bertz CT molecular complexity index is 436. The Morgan fingerprint density at radius 2 is 2.00 bits per heavy atom. The summed E-state index contributed by atoms with van der Waals surface area (Å²) in [7, 11) is 0. The molecular weight excluding hydrogens is 260 g/mol. The number of rotatable bonds is 8. The van der Waals surface area contributed by atoms with Crippen LogP contribution in [0.25, 0.3) is 0 Å². The number of guanidine groups is 1. The van der Waals surface area contributed by atoms with E-state index in [9.17, 15) is 0 Å². The number of benzene rings is 1. The van der Waals surface area contributed by atoms with E-state index >= 15 is 0 Å². The second kappa shape index (κ2) is 9.40. The quantitative estimate of drug-likeness (QED) is 0.439. The molecule has 4 nitrogen and oxygen atoms in total. The predicted molar refractivity (Wildman–Crippen MR) is 93.0 cm³/mol. The number of nitrogens with two attached hydrogens (primary N) is 1. The van der Waals surface area contributed by atoms with Gasteiger partial charge in [-0.05, 0) is 49.7 Å². The zero-order chi connectivity index (χ0) is 15.7. The van der Waals surface area contributed by atoms with Crippen molar-refractivity contribution in [3.05, 3.63) is 29.8 Å². The minimum atomic E-state index is 0.496. The standard InChI is InChI=1S/C17H30N4/c1-5-21(6-2)12-8-11-19-17(18)20-16-10-7-9-15(13-16)14(3)4/h7,9-10,13-14H,5-6,8,11-12H2,1-4H3,(H3,18,19,20). The van der Waals surface area contributed by atoms with Crippen LogP contribution in [0.2, 0.25) is 0 Å². The van der Waals surface area contributed by atoms with Crippen LogP contribution in [0.3, 0.4) is 0 Å². The predicted octanol–water partition coefficient (Wildman–Crippen LogP) is 3.27. The molecule has 0 heterocycles. The van der Waals surface area contributed by atoms with Crippen molar-refractivity contribution in [1.82, 2.24) is 4.90 Å². The molecule has 1 aromatic rings. The number of aliphatic imine (C=N–C) groups is 1. The second-order valence-electron chi connectivity index (χ2n) is 5.55. The average Bonchev–Trinajstić information content (AvgIpc) is 2.47. The molecule has 0 aliphatic heterocycles. The molecule has 0 saturated carbocycles. The summed E-state index contributed by atoms with van der Waals surface area (Å²) in [5.74, 6) is 1.01. The molecule has 0 aliphatic carbocycles. The Morgan fingerprint density at radius 3 is 2.62 bits per heavy atom. The Labute approximate surface area is 129 Å². The molecule has 4 heteroatoms. The first-order chi connectivity index (χ1) is 10.1. The number of hydrogen-bond donors (Lipinski definition) is 2.